The monoisotopic (exact) mass is 303 g/mol. The number of para-hydroxylation sites is 1. The predicted octanol–water partition coefficient (Wildman–Crippen LogP) is 1.93. The summed E-state index contributed by atoms with van der Waals surface area (Å²) in [5.74, 6) is 0. The summed E-state index contributed by atoms with van der Waals surface area (Å²) in [5.41, 5.74) is 4.46. The number of aryl methyl sites for hydroxylation is 1. The molecule has 22 heavy (non-hydrogen) atoms. The van der Waals surface area contributed by atoms with Crippen LogP contribution in [0.2, 0.25) is 0 Å². The minimum atomic E-state index is 0.147. The number of ether oxygens (including phenoxy) is 1. The zero-order valence-corrected chi connectivity index (χ0v) is 13.6. The Hall–Kier alpha value is -1.69. The largest absolute Gasteiger partial charge is 0.395 e. The predicted molar refractivity (Wildman–Crippen MR) is 87.3 cm³/mol. The third-order valence-electron chi connectivity index (χ3n) is 3.85. The summed E-state index contributed by atoms with van der Waals surface area (Å²) in [4.78, 5) is 2.19. The van der Waals surface area contributed by atoms with Gasteiger partial charge in [0.05, 0.1) is 24.6 Å². The van der Waals surface area contributed by atoms with Crippen LogP contribution in [0.3, 0.4) is 0 Å². The molecule has 1 heterocycles. The molecule has 0 unspecified atom stereocenters. The van der Waals surface area contributed by atoms with Crippen molar-refractivity contribution in [3.8, 4) is 5.69 Å². The topological polar surface area (TPSA) is 50.5 Å². The first-order valence-electron chi connectivity index (χ1n) is 7.60. The maximum absolute atomic E-state index is 9.23. The van der Waals surface area contributed by atoms with Crippen molar-refractivity contribution < 1.29 is 9.84 Å². The van der Waals surface area contributed by atoms with Gasteiger partial charge in [0.2, 0.25) is 0 Å². The van der Waals surface area contributed by atoms with E-state index in [1.807, 2.05) is 29.8 Å². The van der Waals surface area contributed by atoms with Gasteiger partial charge in [-0.2, -0.15) is 5.10 Å². The lowest BCUT2D eigenvalue weighted by atomic mass is 10.2. The molecule has 1 aromatic carbocycles. The van der Waals surface area contributed by atoms with Crippen LogP contribution in [0.5, 0.6) is 0 Å². The summed E-state index contributed by atoms with van der Waals surface area (Å²) >= 11 is 0. The Balaban J connectivity index is 2.22. The first-order valence-corrected chi connectivity index (χ1v) is 7.60. The molecular weight excluding hydrogens is 278 g/mol. The highest BCUT2D eigenvalue weighted by Crippen LogP contribution is 2.19. The molecule has 2 aromatic rings. The molecule has 5 nitrogen and oxygen atoms in total. The van der Waals surface area contributed by atoms with Crippen LogP contribution in [-0.4, -0.2) is 53.2 Å². The fourth-order valence-electron chi connectivity index (χ4n) is 2.58. The lowest BCUT2D eigenvalue weighted by Gasteiger charge is -2.21. The number of hydrogen-bond acceptors (Lipinski definition) is 4. The molecule has 1 N–H and O–H groups in total. The molecule has 0 spiro atoms. The van der Waals surface area contributed by atoms with E-state index in [0.29, 0.717) is 13.2 Å². The van der Waals surface area contributed by atoms with E-state index in [1.54, 1.807) is 7.11 Å². The maximum atomic E-state index is 9.23. The van der Waals surface area contributed by atoms with Gasteiger partial charge in [-0.1, -0.05) is 18.2 Å². The Bertz CT molecular complexity index is 581. The van der Waals surface area contributed by atoms with Crippen LogP contribution in [0.25, 0.3) is 5.69 Å². The zero-order chi connectivity index (χ0) is 15.9. The molecule has 1 aromatic heterocycles. The van der Waals surface area contributed by atoms with E-state index >= 15 is 0 Å². The highest BCUT2D eigenvalue weighted by Gasteiger charge is 2.15. The molecule has 0 radical (unpaired) electrons. The van der Waals surface area contributed by atoms with Crippen molar-refractivity contribution in [3.63, 3.8) is 0 Å². The summed E-state index contributed by atoms with van der Waals surface area (Å²) in [6, 6.07) is 10.1. The van der Waals surface area contributed by atoms with E-state index in [9.17, 15) is 5.11 Å². The van der Waals surface area contributed by atoms with Gasteiger partial charge < -0.3 is 9.84 Å². The molecule has 0 aliphatic rings. The first kappa shape index (κ1) is 16.7. The molecule has 5 heteroatoms. The molecule has 0 aliphatic heterocycles. The van der Waals surface area contributed by atoms with Gasteiger partial charge in [0, 0.05) is 38.0 Å². The highest BCUT2D eigenvalue weighted by molar-refractivity contribution is 5.36. The average molecular weight is 303 g/mol. The van der Waals surface area contributed by atoms with Crippen LogP contribution < -0.4 is 0 Å². The van der Waals surface area contributed by atoms with Crippen LogP contribution in [0.4, 0.5) is 0 Å². The maximum Gasteiger partial charge on any atom is 0.0648 e. The minimum Gasteiger partial charge on any atom is -0.395 e. The van der Waals surface area contributed by atoms with Crippen LogP contribution in [0, 0.1) is 13.8 Å². The minimum absolute atomic E-state index is 0.147. The quantitative estimate of drug-likeness (QED) is 0.809. The van der Waals surface area contributed by atoms with Gasteiger partial charge in [-0.25, -0.2) is 4.68 Å². The molecule has 120 valence electrons. The SMILES string of the molecule is COCCN(CCO)Cc1c(C)nn(-c2ccccc2)c1C. The number of aromatic nitrogens is 2. The fraction of sp³-hybridized carbons (Fsp3) is 0.471. The van der Waals surface area contributed by atoms with Crippen molar-refractivity contribution in [1.29, 1.82) is 0 Å². The molecule has 0 fully saturated rings. The Morgan fingerprint density at radius 3 is 2.55 bits per heavy atom. The van der Waals surface area contributed by atoms with E-state index < -0.39 is 0 Å². The lowest BCUT2D eigenvalue weighted by Crippen LogP contribution is -2.30. The number of methoxy groups -OCH3 is 1. The second kappa shape index (κ2) is 8.08. The van der Waals surface area contributed by atoms with Crippen molar-refractivity contribution in [2.75, 3.05) is 33.4 Å². The summed E-state index contributed by atoms with van der Waals surface area (Å²) in [6.45, 7) is 7.14. The zero-order valence-electron chi connectivity index (χ0n) is 13.6. The summed E-state index contributed by atoms with van der Waals surface area (Å²) < 4.78 is 7.13. The van der Waals surface area contributed by atoms with Gasteiger partial charge in [0.15, 0.2) is 0 Å². The number of rotatable bonds is 8. The van der Waals surface area contributed by atoms with Gasteiger partial charge >= 0.3 is 0 Å². The normalized spacial score (nSPS) is 11.3. The van der Waals surface area contributed by atoms with Crippen molar-refractivity contribution in [2.24, 2.45) is 0 Å². The third kappa shape index (κ3) is 3.94. The average Bonchev–Trinajstić information content (AvgIpc) is 2.81. The second-order valence-electron chi connectivity index (χ2n) is 5.39. The van der Waals surface area contributed by atoms with Crippen LogP contribution in [-0.2, 0) is 11.3 Å². The molecule has 0 atom stereocenters. The van der Waals surface area contributed by atoms with E-state index in [1.165, 1.54) is 5.56 Å². The lowest BCUT2D eigenvalue weighted by molar-refractivity contribution is 0.126. The molecular formula is C17H25N3O2. The standard InChI is InChI=1S/C17H25N3O2/c1-14-17(13-19(9-11-21)10-12-22-3)15(2)20(18-14)16-7-5-4-6-8-16/h4-8,21H,9-13H2,1-3H3. The number of aliphatic hydroxyl groups excluding tert-OH is 1. The number of benzene rings is 1. The molecule has 2 rings (SSSR count). The van der Waals surface area contributed by atoms with Crippen LogP contribution >= 0.6 is 0 Å². The van der Waals surface area contributed by atoms with Crippen molar-refractivity contribution in [2.45, 2.75) is 20.4 Å². The Morgan fingerprint density at radius 1 is 1.18 bits per heavy atom. The van der Waals surface area contributed by atoms with Crippen molar-refractivity contribution >= 4 is 0 Å². The molecule has 0 aliphatic carbocycles. The molecule has 0 saturated heterocycles. The van der Waals surface area contributed by atoms with Gasteiger partial charge in [-0.3, -0.25) is 4.90 Å². The van der Waals surface area contributed by atoms with Gasteiger partial charge in [0.1, 0.15) is 0 Å². The van der Waals surface area contributed by atoms with Gasteiger partial charge in [-0.05, 0) is 26.0 Å². The second-order valence-corrected chi connectivity index (χ2v) is 5.39. The number of aliphatic hydroxyl groups is 1. The summed E-state index contributed by atoms with van der Waals surface area (Å²) in [6.07, 6.45) is 0. The Kier molecular flexibility index (Phi) is 6.12. The third-order valence-corrected chi connectivity index (χ3v) is 3.85. The van der Waals surface area contributed by atoms with Gasteiger partial charge in [-0.15, -0.1) is 0 Å². The first-order chi connectivity index (χ1) is 10.7. The molecule has 0 amide bonds. The van der Waals surface area contributed by atoms with E-state index in [4.69, 9.17) is 4.74 Å². The fourth-order valence-corrected chi connectivity index (χ4v) is 2.58. The Labute approximate surface area is 132 Å². The number of hydrogen-bond donors (Lipinski definition) is 1. The van der Waals surface area contributed by atoms with Crippen LogP contribution in [0.15, 0.2) is 30.3 Å². The smallest absolute Gasteiger partial charge is 0.0648 e. The van der Waals surface area contributed by atoms with Crippen molar-refractivity contribution in [3.05, 3.63) is 47.3 Å². The van der Waals surface area contributed by atoms with E-state index in [-0.39, 0.29) is 6.61 Å². The summed E-state index contributed by atoms with van der Waals surface area (Å²) in [7, 11) is 1.70. The van der Waals surface area contributed by atoms with Gasteiger partial charge in [0.25, 0.3) is 0 Å². The number of nitrogens with zero attached hydrogens (tertiary/aromatic N) is 3. The van der Waals surface area contributed by atoms with E-state index in [2.05, 4.69) is 29.1 Å². The highest BCUT2D eigenvalue weighted by atomic mass is 16.5. The summed E-state index contributed by atoms with van der Waals surface area (Å²) in [5, 5.41) is 13.9. The Morgan fingerprint density at radius 2 is 1.91 bits per heavy atom. The molecule has 0 saturated carbocycles. The molecule has 0 bridgehead atoms. The van der Waals surface area contributed by atoms with Crippen molar-refractivity contribution in [1.82, 2.24) is 14.7 Å². The van der Waals surface area contributed by atoms with E-state index in [0.717, 1.165) is 30.2 Å². The van der Waals surface area contributed by atoms with Crippen LogP contribution in [0.1, 0.15) is 17.0 Å².